The van der Waals surface area contributed by atoms with E-state index in [1.807, 2.05) is 0 Å². The zero-order valence-electron chi connectivity index (χ0n) is 22.8. The van der Waals surface area contributed by atoms with Crippen LogP contribution in [0.25, 0.3) is 0 Å². The Balaban J connectivity index is 1.66. The van der Waals surface area contributed by atoms with Crippen molar-refractivity contribution >= 4 is 17.8 Å². The number of carbonyl (C=O) groups is 2. The van der Waals surface area contributed by atoms with Crippen LogP contribution in [0.5, 0.6) is 11.5 Å². The Bertz CT molecular complexity index is 1200. The van der Waals surface area contributed by atoms with Gasteiger partial charge in [0.15, 0.2) is 11.6 Å². The van der Waals surface area contributed by atoms with Crippen LogP contribution in [-0.4, -0.2) is 54.7 Å². The van der Waals surface area contributed by atoms with Crippen molar-refractivity contribution in [3.8, 4) is 11.5 Å². The number of nitrogens with zero attached hydrogens (tertiary/aromatic N) is 2. The second kappa shape index (κ2) is 12.3. The number of amides is 3. The lowest BCUT2D eigenvalue weighted by Crippen LogP contribution is -2.51. The number of aromatic nitrogens is 1. The summed E-state index contributed by atoms with van der Waals surface area (Å²) in [6.07, 6.45) is 0.0531. The van der Waals surface area contributed by atoms with Gasteiger partial charge in [-0.25, -0.2) is 27.3 Å². The highest BCUT2D eigenvalue weighted by Crippen LogP contribution is 2.42. The summed E-state index contributed by atoms with van der Waals surface area (Å²) in [6, 6.07) is 2.00. The van der Waals surface area contributed by atoms with Gasteiger partial charge >= 0.3 is 6.03 Å². The number of rotatable bonds is 8. The van der Waals surface area contributed by atoms with Gasteiger partial charge in [-0.1, -0.05) is 0 Å². The number of ether oxygens (including phenoxy) is 2. The summed E-state index contributed by atoms with van der Waals surface area (Å²) >= 11 is 0. The third-order valence-electron chi connectivity index (χ3n) is 7.50. The lowest BCUT2D eigenvalue weighted by Gasteiger charge is -2.29. The molecule has 2 aromatic rings. The van der Waals surface area contributed by atoms with E-state index in [0.717, 1.165) is 12.1 Å². The van der Waals surface area contributed by atoms with Crippen LogP contribution in [0.4, 0.5) is 28.2 Å². The zero-order chi connectivity index (χ0) is 29.1. The second-order valence-electron chi connectivity index (χ2n) is 10.5. The molecule has 1 aromatic heterocycles. The molecule has 3 atom stereocenters. The van der Waals surface area contributed by atoms with Crippen molar-refractivity contribution in [3.05, 3.63) is 47.7 Å². The van der Waals surface area contributed by atoms with Crippen molar-refractivity contribution in [2.24, 2.45) is 5.92 Å². The third-order valence-corrected chi connectivity index (χ3v) is 7.50. The Kier molecular flexibility index (Phi) is 9.05. The second-order valence-corrected chi connectivity index (χ2v) is 10.5. The molecule has 218 valence electrons. The standard InChI is InChI=1S/C28H34F4N4O4/c1-14(2)40-21-6-5-11-33-26(21)36-15(3)22(23-19(29)12-18(39-4)13-20(23)30)24(27(36)37)35-28(38)34-17-9-7-16(8-10-17)25(31)32/h5-6,11-17,22,24-25H,7-10H2,1-4H3,(H2,34,35,38)/t15-,16-,17-,22-,24-/m0/s1. The van der Waals surface area contributed by atoms with E-state index in [-0.39, 0.29) is 42.1 Å². The summed E-state index contributed by atoms with van der Waals surface area (Å²) in [5.74, 6) is -3.93. The number of carbonyl (C=O) groups excluding carboxylic acids is 2. The maximum atomic E-state index is 15.3. The predicted octanol–water partition coefficient (Wildman–Crippen LogP) is 5.17. The molecule has 4 rings (SSSR count). The van der Waals surface area contributed by atoms with E-state index in [2.05, 4.69) is 15.6 Å². The van der Waals surface area contributed by atoms with E-state index >= 15 is 8.78 Å². The Hall–Kier alpha value is -3.57. The molecule has 1 saturated carbocycles. The molecule has 0 unspecified atom stereocenters. The monoisotopic (exact) mass is 566 g/mol. The van der Waals surface area contributed by atoms with Crippen LogP contribution in [0.2, 0.25) is 0 Å². The average Bonchev–Trinajstić information content (AvgIpc) is 3.12. The highest BCUT2D eigenvalue weighted by molar-refractivity contribution is 6.03. The average molecular weight is 567 g/mol. The van der Waals surface area contributed by atoms with Crippen molar-refractivity contribution in [1.82, 2.24) is 15.6 Å². The molecule has 2 N–H and O–H groups in total. The first kappa shape index (κ1) is 29.4. The molecular formula is C28H34F4N4O4. The number of halogens is 4. The summed E-state index contributed by atoms with van der Waals surface area (Å²) in [5.41, 5.74) is -0.380. The number of hydrogen-bond acceptors (Lipinski definition) is 5. The molecule has 12 heteroatoms. The molecule has 8 nitrogen and oxygen atoms in total. The molecule has 0 radical (unpaired) electrons. The molecule has 2 fully saturated rings. The van der Waals surface area contributed by atoms with Gasteiger partial charge in [-0.05, 0) is 58.6 Å². The molecule has 0 spiro atoms. The van der Waals surface area contributed by atoms with Crippen LogP contribution in [0, 0.1) is 17.6 Å². The van der Waals surface area contributed by atoms with Crippen molar-refractivity contribution < 1.29 is 36.6 Å². The highest BCUT2D eigenvalue weighted by Gasteiger charge is 2.51. The summed E-state index contributed by atoms with van der Waals surface area (Å²) in [6.45, 7) is 5.23. The molecular weight excluding hydrogens is 532 g/mol. The molecule has 3 amide bonds. The fourth-order valence-electron chi connectivity index (χ4n) is 5.59. The van der Waals surface area contributed by atoms with Crippen molar-refractivity contribution in [2.75, 3.05) is 12.0 Å². The number of anilines is 1. The van der Waals surface area contributed by atoms with Crippen LogP contribution in [-0.2, 0) is 4.79 Å². The van der Waals surface area contributed by atoms with Crippen LogP contribution >= 0.6 is 0 Å². The first-order chi connectivity index (χ1) is 19.0. The van der Waals surface area contributed by atoms with E-state index in [1.54, 1.807) is 32.9 Å². The van der Waals surface area contributed by atoms with Crippen LogP contribution in [0.1, 0.15) is 57.9 Å². The van der Waals surface area contributed by atoms with Gasteiger partial charge in [0.2, 0.25) is 6.43 Å². The molecule has 1 aromatic carbocycles. The first-order valence-corrected chi connectivity index (χ1v) is 13.3. The van der Waals surface area contributed by atoms with E-state index in [4.69, 9.17) is 9.47 Å². The first-order valence-electron chi connectivity index (χ1n) is 13.3. The topological polar surface area (TPSA) is 92.8 Å². The number of alkyl halides is 2. The molecule has 1 aliphatic heterocycles. The van der Waals surface area contributed by atoms with E-state index in [9.17, 15) is 18.4 Å². The summed E-state index contributed by atoms with van der Waals surface area (Å²) in [4.78, 5) is 32.5. The van der Waals surface area contributed by atoms with Gasteiger partial charge in [0, 0.05) is 47.8 Å². The Morgan fingerprint density at radius 1 is 1.10 bits per heavy atom. The van der Waals surface area contributed by atoms with Gasteiger partial charge in [0.25, 0.3) is 5.91 Å². The predicted molar refractivity (Wildman–Crippen MR) is 140 cm³/mol. The molecule has 1 saturated heterocycles. The summed E-state index contributed by atoms with van der Waals surface area (Å²) in [7, 11) is 1.28. The lowest BCUT2D eigenvalue weighted by molar-refractivity contribution is -0.118. The Morgan fingerprint density at radius 3 is 2.33 bits per heavy atom. The van der Waals surface area contributed by atoms with Crippen molar-refractivity contribution in [3.63, 3.8) is 0 Å². The maximum Gasteiger partial charge on any atom is 0.315 e. The van der Waals surface area contributed by atoms with Gasteiger partial charge in [0.05, 0.1) is 13.2 Å². The van der Waals surface area contributed by atoms with E-state index in [0.29, 0.717) is 18.6 Å². The lowest BCUT2D eigenvalue weighted by atomic mass is 9.86. The van der Waals surface area contributed by atoms with Gasteiger partial charge in [-0.2, -0.15) is 0 Å². The fraction of sp³-hybridized carbons (Fsp3) is 0.536. The molecule has 1 aliphatic carbocycles. The molecule has 2 heterocycles. The minimum atomic E-state index is -2.41. The van der Waals surface area contributed by atoms with Gasteiger partial charge < -0.3 is 20.1 Å². The summed E-state index contributed by atoms with van der Waals surface area (Å²) in [5, 5.41) is 5.35. The number of hydrogen-bond donors (Lipinski definition) is 2. The Morgan fingerprint density at radius 2 is 1.75 bits per heavy atom. The summed E-state index contributed by atoms with van der Waals surface area (Å²) < 4.78 is 67.5. The minimum Gasteiger partial charge on any atom is -0.497 e. The quantitative estimate of drug-likeness (QED) is 0.431. The fourth-order valence-corrected chi connectivity index (χ4v) is 5.59. The van der Waals surface area contributed by atoms with Crippen molar-refractivity contribution in [1.29, 1.82) is 0 Å². The highest BCUT2D eigenvalue weighted by atomic mass is 19.3. The number of methoxy groups -OCH3 is 1. The molecule has 2 aliphatic rings. The third kappa shape index (κ3) is 6.10. The maximum absolute atomic E-state index is 15.3. The van der Waals surface area contributed by atoms with Crippen molar-refractivity contribution in [2.45, 2.75) is 83.0 Å². The number of pyridine rings is 1. The number of benzene rings is 1. The Labute approximate surface area is 230 Å². The van der Waals surface area contributed by atoms with E-state index < -0.39 is 53.9 Å². The van der Waals surface area contributed by atoms with E-state index in [1.165, 1.54) is 18.2 Å². The normalized spacial score (nSPS) is 24.9. The van der Waals surface area contributed by atoms with Crippen LogP contribution < -0.4 is 25.0 Å². The van der Waals surface area contributed by atoms with Crippen LogP contribution in [0.3, 0.4) is 0 Å². The SMILES string of the molecule is COc1cc(F)c([C@H]2[C@H](NC(=O)N[C@H]3CC[C@H](C(F)F)CC3)C(=O)N(c3ncccc3OC(C)C)[C@H]2C)c(F)c1. The number of urea groups is 1. The van der Waals surface area contributed by atoms with Gasteiger partial charge in [-0.3, -0.25) is 9.69 Å². The molecule has 40 heavy (non-hydrogen) atoms. The zero-order valence-corrected chi connectivity index (χ0v) is 22.8. The number of nitrogens with one attached hydrogen (secondary N) is 2. The van der Waals surface area contributed by atoms with Gasteiger partial charge in [-0.15, -0.1) is 0 Å². The largest absolute Gasteiger partial charge is 0.497 e. The molecule has 0 bridgehead atoms. The smallest absolute Gasteiger partial charge is 0.315 e. The minimum absolute atomic E-state index is 0.0356. The van der Waals surface area contributed by atoms with Crippen LogP contribution in [0.15, 0.2) is 30.5 Å². The van der Waals surface area contributed by atoms with Gasteiger partial charge in [0.1, 0.15) is 23.4 Å².